The number of alkyl halides is 3. The summed E-state index contributed by atoms with van der Waals surface area (Å²) in [5.41, 5.74) is 7.32. The second-order valence-corrected chi connectivity index (χ2v) is 4.38. The Morgan fingerprint density at radius 1 is 0.950 bits per heavy atom. The van der Waals surface area contributed by atoms with Gasteiger partial charge in [-0.1, -0.05) is 48.5 Å². The van der Waals surface area contributed by atoms with Gasteiger partial charge in [-0.05, 0) is 23.6 Å². The number of para-hydroxylation sites is 1. The molecule has 0 aromatic heterocycles. The summed E-state index contributed by atoms with van der Waals surface area (Å²) >= 11 is 0. The van der Waals surface area contributed by atoms with Gasteiger partial charge in [-0.25, -0.2) is 0 Å². The first-order valence-corrected chi connectivity index (χ1v) is 6.10. The summed E-state index contributed by atoms with van der Waals surface area (Å²) < 4.78 is 41.0. The number of benzene rings is 2. The number of hydrogen-bond acceptors (Lipinski definition) is 2. The molecule has 2 aromatic rings. The van der Waals surface area contributed by atoms with E-state index in [0.29, 0.717) is 5.56 Å². The lowest BCUT2D eigenvalue weighted by molar-refractivity contribution is -0.274. The van der Waals surface area contributed by atoms with E-state index >= 15 is 0 Å². The molecule has 20 heavy (non-hydrogen) atoms. The highest BCUT2D eigenvalue weighted by atomic mass is 19.4. The number of nitrogens with two attached hydrogens (primary N) is 1. The van der Waals surface area contributed by atoms with E-state index < -0.39 is 6.36 Å². The summed E-state index contributed by atoms with van der Waals surface area (Å²) in [6.45, 7) is 0. The third kappa shape index (κ3) is 3.99. The van der Waals surface area contributed by atoms with Gasteiger partial charge in [0.25, 0.3) is 0 Å². The lowest BCUT2D eigenvalue weighted by Gasteiger charge is -2.16. The highest BCUT2D eigenvalue weighted by molar-refractivity contribution is 5.35. The Morgan fingerprint density at radius 2 is 1.55 bits per heavy atom. The van der Waals surface area contributed by atoms with Crippen LogP contribution < -0.4 is 10.5 Å². The van der Waals surface area contributed by atoms with E-state index in [1.807, 2.05) is 30.3 Å². The summed E-state index contributed by atoms with van der Waals surface area (Å²) in [5.74, 6) is -0.202. The Balaban J connectivity index is 2.17. The maximum Gasteiger partial charge on any atom is 0.573 e. The first kappa shape index (κ1) is 14.4. The molecular formula is C15H14F3NO. The highest BCUT2D eigenvalue weighted by Crippen LogP contribution is 2.28. The van der Waals surface area contributed by atoms with Crippen molar-refractivity contribution in [3.05, 3.63) is 65.7 Å². The molecule has 0 fully saturated rings. The molecule has 0 radical (unpaired) electrons. The Hall–Kier alpha value is -2.01. The van der Waals surface area contributed by atoms with E-state index in [0.717, 1.165) is 5.56 Å². The molecule has 2 rings (SSSR count). The fraction of sp³-hybridized carbons (Fsp3) is 0.200. The third-order valence-corrected chi connectivity index (χ3v) is 2.87. The van der Waals surface area contributed by atoms with Crippen LogP contribution in [0, 0.1) is 0 Å². The summed E-state index contributed by atoms with van der Waals surface area (Å²) in [4.78, 5) is 0. The van der Waals surface area contributed by atoms with Gasteiger partial charge >= 0.3 is 6.36 Å². The molecule has 0 saturated carbocycles. The van der Waals surface area contributed by atoms with Crippen LogP contribution in [0.5, 0.6) is 5.75 Å². The summed E-state index contributed by atoms with van der Waals surface area (Å²) in [6, 6.07) is 14.9. The van der Waals surface area contributed by atoms with Gasteiger partial charge in [-0.2, -0.15) is 0 Å². The van der Waals surface area contributed by atoms with Crippen LogP contribution in [0.25, 0.3) is 0 Å². The fourth-order valence-electron chi connectivity index (χ4n) is 1.95. The van der Waals surface area contributed by atoms with Crippen molar-refractivity contribution < 1.29 is 17.9 Å². The Kier molecular flexibility index (Phi) is 4.29. The zero-order valence-electron chi connectivity index (χ0n) is 10.6. The van der Waals surface area contributed by atoms with Crippen LogP contribution in [0.2, 0.25) is 0 Å². The Labute approximate surface area is 115 Å². The zero-order valence-corrected chi connectivity index (χ0v) is 10.6. The predicted molar refractivity (Wildman–Crippen MR) is 70.2 cm³/mol. The van der Waals surface area contributed by atoms with E-state index in [1.165, 1.54) is 12.1 Å². The van der Waals surface area contributed by atoms with Gasteiger partial charge in [0, 0.05) is 6.04 Å². The third-order valence-electron chi connectivity index (χ3n) is 2.87. The molecular weight excluding hydrogens is 267 g/mol. The molecule has 5 heteroatoms. The van der Waals surface area contributed by atoms with Crippen molar-refractivity contribution >= 4 is 0 Å². The first-order valence-electron chi connectivity index (χ1n) is 6.10. The molecule has 106 valence electrons. The van der Waals surface area contributed by atoms with E-state index in [1.54, 1.807) is 12.1 Å². The molecule has 0 aliphatic carbocycles. The number of hydrogen-bond donors (Lipinski definition) is 1. The van der Waals surface area contributed by atoms with Crippen molar-refractivity contribution in [1.29, 1.82) is 0 Å². The normalized spacial score (nSPS) is 13.0. The minimum Gasteiger partial charge on any atom is -0.406 e. The van der Waals surface area contributed by atoms with Gasteiger partial charge < -0.3 is 10.5 Å². The molecule has 0 bridgehead atoms. The average Bonchev–Trinajstić information content (AvgIpc) is 2.40. The van der Waals surface area contributed by atoms with Crippen molar-refractivity contribution in [2.75, 3.05) is 0 Å². The van der Waals surface area contributed by atoms with Crippen LogP contribution >= 0.6 is 0 Å². The Morgan fingerprint density at radius 3 is 2.20 bits per heavy atom. The van der Waals surface area contributed by atoms with E-state index in [-0.39, 0.29) is 18.2 Å². The molecule has 0 aliphatic heterocycles. The highest BCUT2D eigenvalue weighted by Gasteiger charge is 2.32. The molecule has 1 atom stereocenters. The molecule has 0 spiro atoms. The fourth-order valence-corrected chi connectivity index (χ4v) is 1.95. The van der Waals surface area contributed by atoms with Gasteiger partial charge in [-0.3, -0.25) is 0 Å². The van der Waals surface area contributed by atoms with Crippen LogP contribution in [0.1, 0.15) is 17.2 Å². The second kappa shape index (κ2) is 5.96. The minimum atomic E-state index is -4.70. The minimum absolute atomic E-state index is 0.202. The van der Waals surface area contributed by atoms with E-state index in [4.69, 9.17) is 5.73 Å². The van der Waals surface area contributed by atoms with Crippen LogP contribution in [-0.4, -0.2) is 6.36 Å². The van der Waals surface area contributed by atoms with Crippen LogP contribution in [0.15, 0.2) is 54.6 Å². The zero-order chi connectivity index (χ0) is 14.6. The molecule has 0 amide bonds. The Bertz CT molecular complexity index is 555. The summed E-state index contributed by atoms with van der Waals surface area (Å²) in [7, 11) is 0. The SMILES string of the molecule is NC(Cc1ccccc1OC(F)(F)F)c1ccccc1. The van der Waals surface area contributed by atoms with E-state index in [2.05, 4.69) is 4.74 Å². The van der Waals surface area contributed by atoms with Crippen LogP contribution in [0.3, 0.4) is 0 Å². The van der Waals surface area contributed by atoms with Crippen LogP contribution in [-0.2, 0) is 6.42 Å². The topological polar surface area (TPSA) is 35.2 Å². The number of ether oxygens (including phenoxy) is 1. The molecule has 0 saturated heterocycles. The predicted octanol–water partition coefficient (Wildman–Crippen LogP) is 3.83. The molecule has 0 aliphatic rings. The van der Waals surface area contributed by atoms with Crippen molar-refractivity contribution in [2.24, 2.45) is 5.73 Å². The van der Waals surface area contributed by atoms with Gasteiger partial charge in [-0.15, -0.1) is 13.2 Å². The maximum atomic E-state index is 12.3. The van der Waals surface area contributed by atoms with Crippen molar-refractivity contribution in [3.8, 4) is 5.75 Å². The largest absolute Gasteiger partial charge is 0.573 e. The summed E-state index contributed by atoms with van der Waals surface area (Å²) in [6.07, 6.45) is -4.43. The van der Waals surface area contributed by atoms with Gasteiger partial charge in [0.05, 0.1) is 0 Å². The lowest BCUT2D eigenvalue weighted by Crippen LogP contribution is -2.19. The molecule has 0 heterocycles. The van der Waals surface area contributed by atoms with Crippen LogP contribution in [0.4, 0.5) is 13.2 Å². The average molecular weight is 281 g/mol. The van der Waals surface area contributed by atoms with Crippen molar-refractivity contribution in [2.45, 2.75) is 18.8 Å². The number of rotatable bonds is 4. The quantitative estimate of drug-likeness (QED) is 0.924. The van der Waals surface area contributed by atoms with Crippen molar-refractivity contribution in [1.82, 2.24) is 0 Å². The molecule has 2 aromatic carbocycles. The molecule has 1 unspecified atom stereocenters. The van der Waals surface area contributed by atoms with Gasteiger partial charge in [0.2, 0.25) is 0 Å². The second-order valence-electron chi connectivity index (χ2n) is 4.38. The van der Waals surface area contributed by atoms with Gasteiger partial charge in [0.15, 0.2) is 0 Å². The maximum absolute atomic E-state index is 12.3. The molecule has 2 N–H and O–H groups in total. The van der Waals surface area contributed by atoms with Gasteiger partial charge in [0.1, 0.15) is 5.75 Å². The monoisotopic (exact) mass is 281 g/mol. The number of halogens is 3. The summed E-state index contributed by atoms with van der Waals surface area (Å²) in [5, 5.41) is 0. The smallest absolute Gasteiger partial charge is 0.406 e. The van der Waals surface area contributed by atoms with Crippen molar-refractivity contribution in [3.63, 3.8) is 0 Å². The lowest BCUT2D eigenvalue weighted by atomic mass is 9.99. The standard InChI is InChI=1S/C15H14F3NO/c16-15(17,18)20-14-9-5-4-8-12(14)10-13(19)11-6-2-1-3-7-11/h1-9,13H,10,19H2. The van der Waals surface area contributed by atoms with E-state index in [9.17, 15) is 13.2 Å². The molecule has 2 nitrogen and oxygen atoms in total. The first-order chi connectivity index (χ1) is 9.46.